The van der Waals surface area contributed by atoms with Crippen molar-refractivity contribution in [2.24, 2.45) is 0 Å². The SMILES string of the molecule is Cc1c(C)c2c(-c3ccc(C(C)(C)C)cc3)c(N)ccc2c2ccc(N)cc12. The molecule has 4 aromatic rings. The minimum absolute atomic E-state index is 0.130. The van der Waals surface area contributed by atoms with Gasteiger partial charge in [0.25, 0.3) is 0 Å². The van der Waals surface area contributed by atoms with E-state index in [0.717, 1.165) is 22.5 Å². The van der Waals surface area contributed by atoms with Gasteiger partial charge in [0.15, 0.2) is 0 Å². The third kappa shape index (κ3) is 2.80. The van der Waals surface area contributed by atoms with Crippen molar-refractivity contribution in [2.75, 3.05) is 11.5 Å². The number of anilines is 2. The minimum Gasteiger partial charge on any atom is -0.399 e. The van der Waals surface area contributed by atoms with E-state index in [1.54, 1.807) is 0 Å². The van der Waals surface area contributed by atoms with E-state index < -0.39 is 0 Å². The van der Waals surface area contributed by atoms with Gasteiger partial charge in [0.1, 0.15) is 0 Å². The van der Waals surface area contributed by atoms with Crippen LogP contribution >= 0.6 is 0 Å². The Morgan fingerprint density at radius 1 is 0.679 bits per heavy atom. The maximum atomic E-state index is 6.51. The Morgan fingerprint density at radius 2 is 1.32 bits per heavy atom. The largest absolute Gasteiger partial charge is 0.399 e. The lowest BCUT2D eigenvalue weighted by atomic mass is 9.84. The molecular formula is C26H28N2. The van der Waals surface area contributed by atoms with Crippen molar-refractivity contribution in [1.82, 2.24) is 0 Å². The van der Waals surface area contributed by atoms with Gasteiger partial charge in [0, 0.05) is 16.9 Å². The number of hydrogen-bond donors (Lipinski definition) is 2. The summed E-state index contributed by atoms with van der Waals surface area (Å²) in [4.78, 5) is 0. The molecule has 0 amide bonds. The molecule has 0 atom stereocenters. The average Bonchev–Trinajstić information content (AvgIpc) is 2.65. The maximum absolute atomic E-state index is 6.51. The number of nitrogens with two attached hydrogens (primary N) is 2. The molecule has 4 rings (SSSR count). The van der Waals surface area contributed by atoms with Crippen LogP contribution in [0.3, 0.4) is 0 Å². The van der Waals surface area contributed by atoms with Crippen LogP contribution in [0.4, 0.5) is 11.4 Å². The van der Waals surface area contributed by atoms with E-state index in [2.05, 4.69) is 77.1 Å². The molecule has 0 spiro atoms. The summed E-state index contributed by atoms with van der Waals surface area (Å²) < 4.78 is 0. The van der Waals surface area contributed by atoms with Gasteiger partial charge in [0.2, 0.25) is 0 Å². The standard InChI is InChI=1S/C26H28N2/c1-15-16(2)24-21(20-11-10-19(27)14-22(15)20)12-13-23(28)25(24)17-6-8-18(9-7-17)26(3,4)5/h6-14H,27-28H2,1-5H3. The lowest BCUT2D eigenvalue weighted by molar-refractivity contribution is 0.590. The summed E-state index contributed by atoms with van der Waals surface area (Å²) in [6.07, 6.45) is 0. The molecule has 2 nitrogen and oxygen atoms in total. The molecule has 0 saturated heterocycles. The zero-order chi connectivity index (χ0) is 20.2. The predicted octanol–water partition coefficient (Wildman–Crippen LogP) is 6.74. The van der Waals surface area contributed by atoms with Gasteiger partial charge in [-0.1, -0.05) is 57.2 Å². The molecule has 4 aromatic carbocycles. The summed E-state index contributed by atoms with van der Waals surface area (Å²) in [5, 5.41) is 4.89. The summed E-state index contributed by atoms with van der Waals surface area (Å²) in [7, 11) is 0. The van der Waals surface area contributed by atoms with Crippen molar-refractivity contribution in [3.05, 3.63) is 71.3 Å². The molecule has 0 aliphatic carbocycles. The fourth-order valence-corrected chi connectivity index (χ4v) is 4.18. The normalized spacial score (nSPS) is 12.0. The lowest BCUT2D eigenvalue weighted by Crippen LogP contribution is -2.10. The average molecular weight is 369 g/mol. The molecule has 0 aliphatic heterocycles. The Balaban J connectivity index is 2.08. The first-order valence-electron chi connectivity index (χ1n) is 9.80. The molecule has 0 heterocycles. The van der Waals surface area contributed by atoms with Crippen LogP contribution in [0.2, 0.25) is 0 Å². The first-order valence-corrected chi connectivity index (χ1v) is 9.80. The second kappa shape index (κ2) is 6.27. The molecule has 28 heavy (non-hydrogen) atoms. The molecular weight excluding hydrogens is 340 g/mol. The maximum Gasteiger partial charge on any atom is 0.0400 e. The quantitative estimate of drug-likeness (QED) is 0.289. The highest BCUT2D eigenvalue weighted by Gasteiger charge is 2.17. The van der Waals surface area contributed by atoms with Crippen molar-refractivity contribution in [3.63, 3.8) is 0 Å². The van der Waals surface area contributed by atoms with Crippen molar-refractivity contribution < 1.29 is 0 Å². The van der Waals surface area contributed by atoms with Gasteiger partial charge in [0.05, 0.1) is 0 Å². The fourth-order valence-electron chi connectivity index (χ4n) is 4.18. The Kier molecular flexibility index (Phi) is 4.11. The molecule has 0 saturated carbocycles. The molecule has 2 heteroatoms. The smallest absolute Gasteiger partial charge is 0.0400 e. The molecule has 142 valence electrons. The topological polar surface area (TPSA) is 52.0 Å². The van der Waals surface area contributed by atoms with Crippen molar-refractivity contribution in [2.45, 2.75) is 40.0 Å². The van der Waals surface area contributed by atoms with Crippen LogP contribution in [0.5, 0.6) is 0 Å². The molecule has 0 radical (unpaired) electrons. The molecule has 0 bridgehead atoms. The van der Waals surface area contributed by atoms with Gasteiger partial charge in [-0.2, -0.15) is 0 Å². The summed E-state index contributed by atoms with van der Waals surface area (Å²) in [5.74, 6) is 0. The van der Waals surface area contributed by atoms with Gasteiger partial charge in [-0.15, -0.1) is 0 Å². The molecule has 0 aliphatic rings. The van der Waals surface area contributed by atoms with Crippen LogP contribution in [0.15, 0.2) is 54.6 Å². The van der Waals surface area contributed by atoms with Crippen LogP contribution in [0.25, 0.3) is 32.7 Å². The highest BCUT2D eigenvalue weighted by atomic mass is 14.6. The number of benzene rings is 4. The number of aryl methyl sites for hydroxylation is 2. The van der Waals surface area contributed by atoms with E-state index in [4.69, 9.17) is 11.5 Å². The van der Waals surface area contributed by atoms with E-state index in [9.17, 15) is 0 Å². The minimum atomic E-state index is 0.130. The summed E-state index contributed by atoms with van der Waals surface area (Å²) >= 11 is 0. The van der Waals surface area contributed by atoms with E-state index in [1.807, 2.05) is 12.1 Å². The highest BCUT2D eigenvalue weighted by Crippen LogP contribution is 2.41. The van der Waals surface area contributed by atoms with Crippen molar-refractivity contribution in [3.8, 4) is 11.1 Å². The first-order chi connectivity index (χ1) is 13.2. The van der Waals surface area contributed by atoms with Gasteiger partial charge in [-0.3, -0.25) is 0 Å². The van der Waals surface area contributed by atoms with Crippen LogP contribution in [0, 0.1) is 13.8 Å². The zero-order valence-electron chi connectivity index (χ0n) is 17.4. The lowest BCUT2D eigenvalue weighted by Gasteiger charge is -2.21. The van der Waals surface area contributed by atoms with E-state index in [0.29, 0.717) is 0 Å². The Labute approximate surface area is 167 Å². The Morgan fingerprint density at radius 3 is 1.96 bits per heavy atom. The number of rotatable bonds is 1. The second-order valence-electron chi connectivity index (χ2n) is 8.83. The van der Waals surface area contributed by atoms with E-state index in [-0.39, 0.29) is 5.41 Å². The number of nitrogen functional groups attached to an aromatic ring is 2. The molecule has 0 unspecified atom stereocenters. The van der Waals surface area contributed by atoms with Gasteiger partial charge < -0.3 is 11.5 Å². The fraction of sp³-hybridized carbons (Fsp3) is 0.231. The predicted molar refractivity (Wildman–Crippen MR) is 124 cm³/mol. The summed E-state index contributed by atoms with van der Waals surface area (Å²) in [5.41, 5.74) is 20.4. The highest BCUT2D eigenvalue weighted by molar-refractivity contribution is 6.17. The zero-order valence-corrected chi connectivity index (χ0v) is 17.4. The molecule has 4 N–H and O–H groups in total. The molecule has 0 aromatic heterocycles. The molecule has 0 fully saturated rings. The van der Waals surface area contributed by atoms with Gasteiger partial charge in [-0.05, 0) is 81.3 Å². The van der Waals surface area contributed by atoms with Gasteiger partial charge >= 0.3 is 0 Å². The van der Waals surface area contributed by atoms with Crippen LogP contribution < -0.4 is 11.5 Å². The third-order valence-corrected chi connectivity index (χ3v) is 5.95. The summed E-state index contributed by atoms with van der Waals surface area (Å²) in [6, 6.07) is 19.2. The Bertz CT molecular complexity index is 1210. The van der Waals surface area contributed by atoms with Crippen molar-refractivity contribution >= 4 is 32.9 Å². The summed E-state index contributed by atoms with van der Waals surface area (Å²) in [6.45, 7) is 11.1. The monoisotopic (exact) mass is 368 g/mol. The van der Waals surface area contributed by atoms with Crippen LogP contribution in [0.1, 0.15) is 37.5 Å². The third-order valence-electron chi connectivity index (χ3n) is 5.95. The van der Waals surface area contributed by atoms with Crippen LogP contribution in [-0.4, -0.2) is 0 Å². The van der Waals surface area contributed by atoms with Gasteiger partial charge in [-0.25, -0.2) is 0 Å². The van der Waals surface area contributed by atoms with E-state index >= 15 is 0 Å². The Hall–Kier alpha value is -3.00. The number of hydrogen-bond acceptors (Lipinski definition) is 2. The van der Waals surface area contributed by atoms with Crippen molar-refractivity contribution in [1.29, 1.82) is 0 Å². The van der Waals surface area contributed by atoms with Crippen LogP contribution in [-0.2, 0) is 5.41 Å². The number of fused-ring (bicyclic) bond motifs is 3. The second-order valence-corrected chi connectivity index (χ2v) is 8.83. The van der Waals surface area contributed by atoms with E-state index in [1.165, 1.54) is 38.2 Å². The first kappa shape index (κ1) is 18.4.